The Labute approximate surface area is 181 Å². The van der Waals surface area contributed by atoms with Crippen LogP contribution in [0.1, 0.15) is 10.7 Å². The van der Waals surface area contributed by atoms with Crippen molar-refractivity contribution < 1.29 is 9.18 Å². The number of nitrogens with one attached hydrogen (secondary N) is 1. The second-order valence-electron chi connectivity index (χ2n) is 5.91. The summed E-state index contributed by atoms with van der Waals surface area (Å²) in [5, 5.41) is 14.4. The van der Waals surface area contributed by atoms with E-state index in [-0.39, 0.29) is 11.7 Å². The Kier molecular flexibility index (Phi) is 7.62. The molecule has 3 rings (SSSR count). The number of hydrogen-bond acceptors (Lipinski definition) is 5. The summed E-state index contributed by atoms with van der Waals surface area (Å²) in [7, 11) is 0. The van der Waals surface area contributed by atoms with Gasteiger partial charge in [-0.3, -0.25) is 9.36 Å². The largest absolute Gasteiger partial charge is 0.352 e. The Bertz CT molecular complexity index is 1000. The predicted octanol–water partition coefficient (Wildman–Crippen LogP) is 4.68. The molecule has 0 spiro atoms. The summed E-state index contributed by atoms with van der Waals surface area (Å²) in [6.07, 6.45) is 3.74. The Morgan fingerprint density at radius 3 is 2.79 bits per heavy atom. The second-order valence-corrected chi connectivity index (χ2v) is 8.36. The van der Waals surface area contributed by atoms with Gasteiger partial charge in [0.1, 0.15) is 11.6 Å². The van der Waals surface area contributed by atoms with Crippen LogP contribution >= 0.6 is 34.7 Å². The molecule has 150 valence electrons. The highest BCUT2D eigenvalue weighted by molar-refractivity contribution is 7.99. The van der Waals surface area contributed by atoms with Crippen LogP contribution in [0.3, 0.4) is 0 Å². The van der Waals surface area contributed by atoms with Gasteiger partial charge in [0.2, 0.25) is 5.91 Å². The molecule has 0 radical (unpaired) electrons. The van der Waals surface area contributed by atoms with Crippen LogP contribution in [0, 0.1) is 5.82 Å². The fraction of sp³-hybridized carbons (Fsp3) is 0.150. The third-order valence-electron chi connectivity index (χ3n) is 3.73. The minimum Gasteiger partial charge on any atom is -0.352 e. The zero-order valence-corrected chi connectivity index (χ0v) is 17.7. The molecule has 0 atom stereocenters. The average Bonchev–Trinajstić information content (AvgIpc) is 3.35. The first-order valence-corrected chi connectivity index (χ1v) is 10.9. The number of thioether (sulfide) groups is 1. The molecule has 5 nitrogen and oxygen atoms in total. The number of aromatic nitrogens is 3. The van der Waals surface area contributed by atoms with Crippen LogP contribution in [0.2, 0.25) is 0 Å². The molecule has 1 N–H and O–H groups in total. The van der Waals surface area contributed by atoms with Gasteiger partial charge >= 0.3 is 0 Å². The molecule has 0 bridgehead atoms. The lowest BCUT2D eigenvalue weighted by Crippen LogP contribution is -2.24. The van der Waals surface area contributed by atoms with Gasteiger partial charge in [0, 0.05) is 40.4 Å². The highest BCUT2D eigenvalue weighted by Crippen LogP contribution is 2.24. The van der Waals surface area contributed by atoms with Crippen molar-refractivity contribution in [1.29, 1.82) is 0 Å². The van der Waals surface area contributed by atoms with Crippen molar-refractivity contribution in [3.8, 4) is 5.69 Å². The molecule has 3 aromatic rings. The molecule has 0 saturated heterocycles. The van der Waals surface area contributed by atoms with E-state index in [2.05, 4.69) is 22.1 Å². The van der Waals surface area contributed by atoms with Crippen molar-refractivity contribution in [1.82, 2.24) is 20.1 Å². The van der Waals surface area contributed by atoms with Gasteiger partial charge in [-0.2, -0.15) is 0 Å². The molecule has 0 fully saturated rings. The summed E-state index contributed by atoms with van der Waals surface area (Å²) in [5.41, 5.74) is 0.734. The molecule has 2 aromatic heterocycles. The van der Waals surface area contributed by atoms with Crippen molar-refractivity contribution in [3.63, 3.8) is 0 Å². The van der Waals surface area contributed by atoms with Gasteiger partial charge in [-0.15, -0.1) is 21.5 Å². The molecular weight excluding hydrogens is 431 g/mol. The predicted molar refractivity (Wildman–Crippen MR) is 117 cm³/mol. The zero-order chi connectivity index (χ0) is 20.6. The van der Waals surface area contributed by atoms with Crippen LogP contribution in [0.25, 0.3) is 11.8 Å². The number of benzene rings is 1. The minimum atomic E-state index is -0.323. The Morgan fingerprint density at radius 2 is 2.10 bits per heavy atom. The lowest BCUT2D eigenvalue weighted by molar-refractivity contribution is -0.116. The maximum absolute atomic E-state index is 13.3. The van der Waals surface area contributed by atoms with Gasteiger partial charge in [-0.1, -0.05) is 36.0 Å². The third kappa shape index (κ3) is 6.28. The number of carbonyl (C=O) groups excluding carboxylic acids is 1. The van der Waals surface area contributed by atoms with Gasteiger partial charge < -0.3 is 5.32 Å². The number of amides is 1. The van der Waals surface area contributed by atoms with E-state index in [1.54, 1.807) is 29.5 Å². The maximum atomic E-state index is 13.3. The first-order chi connectivity index (χ1) is 14.0. The number of nitrogens with zero attached hydrogens (tertiary/aromatic N) is 3. The molecule has 9 heteroatoms. The highest BCUT2D eigenvalue weighted by Gasteiger charge is 2.15. The maximum Gasteiger partial charge on any atom is 0.244 e. The van der Waals surface area contributed by atoms with Gasteiger partial charge in [-0.25, -0.2) is 4.39 Å². The van der Waals surface area contributed by atoms with E-state index < -0.39 is 0 Å². The lowest BCUT2D eigenvalue weighted by Gasteiger charge is -2.10. The number of carbonyl (C=O) groups is 1. The minimum absolute atomic E-state index is 0.181. The smallest absolute Gasteiger partial charge is 0.244 e. The SMILES string of the molecule is C=C(Cl)CSc1nnc(CCNC(=O)C=Cc2cccs2)n1-c1ccc(F)cc1. The van der Waals surface area contributed by atoms with E-state index >= 15 is 0 Å². The molecular formula is C20H18ClFN4OS2. The molecule has 1 amide bonds. The summed E-state index contributed by atoms with van der Waals surface area (Å²) < 4.78 is 15.2. The van der Waals surface area contributed by atoms with Crippen molar-refractivity contribution >= 4 is 46.7 Å². The van der Waals surface area contributed by atoms with Crippen molar-refractivity contribution in [2.24, 2.45) is 0 Å². The summed E-state index contributed by atoms with van der Waals surface area (Å²) in [5.74, 6) is 0.628. The number of halogens is 2. The van der Waals surface area contributed by atoms with Crippen LogP contribution in [0.5, 0.6) is 0 Å². The monoisotopic (exact) mass is 448 g/mol. The fourth-order valence-electron chi connectivity index (χ4n) is 2.45. The Hall–Kier alpha value is -2.42. The van der Waals surface area contributed by atoms with Gasteiger partial charge in [0.05, 0.1) is 0 Å². The van der Waals surface area contributed by atoms with Crippen LogP contribution < -0.4 is 5.32 Å². The molecule has 0 unspecified atom stereocenters. The summed E-state index contributed by atoms with van der Waals surface area (Å²) in [4.78, 5) is 13.0. The highest BCUT2D eigenvalue weighted by atomic mass is 35.5. The third-order valence-corrected chi connectivity index (χ3v) is 5.88. The molecule has 0 aliphatic rings. The van der Waals surface area contributed by atoms with E-state index in [9.17, 15) is 9.18 Å². The van der Waals surface area contributed by atoms with Crippen LogP contribution in [-0.4, -0.2) is 33.0 Å². The molecule has 29 heavy (non-hydrogen) atoms. The average molecular weight is 449 g/mol. The number of thiophene rings is 1. The van der Waals surface area contributed by atoms with E-state index in [0.717, 1.165) is 10.6 Å². The quantitative estimate of drug-likeness (QED) is 0.381. The number of rotatable bonds is 9. The van der Waals surface area contributed by atoms with E-state index in [1.807, 2.05) is 22.1 Å². The first kappa shape index (κ1) is 21.3. The normalized spacial score (nSPS) is 11.1. The molecule has 0 aliphatic heterocycles. The standard InChI is InChI=1S/C20H18ClFN4OS2/c1-14(21)13-29-20-25-24-18(26(20)16-6-4-15(22)5-7-16)10-11-23-19(27)9-8-17-3-2-12-28-17/h2-9,12H,1,10-11,13H2,(H,23,27). The lowest BCUT2D eigenvalue weighted by atomic mass is 10.3. The summed E-state index contributed by atoms with van der Waals surface area (Å²) >= 11 is 8.81. The zero-order valence-electron chi connectivity index (χ0n) is 15.3. The van der Waals surface area contributed by atoms with Crippen LogP contribution in [-0.2, 0) is 11.2 Å². The topological polar surface area (TPSA) is 59.8 Å². The van der Waals surface area contributed by atoms with E-state index in [4.69, 9.17) is 11.6 Å². The summed E-state index contributed by atoms with van der Waals surface area (Å²) in [6.45, 7) is 4.07. The van der Waals surface area contributed by atoms with Gasteiger partial charge in [-0.05, 0) is 41.8 Å². The summed E-state index contributed by atoms with van der Waals surface area (Å²) in [6, 6.07) is 9.94. The van der Waals surface area contributed by atoms with Crippen LogP contribution in [0.4, 0.5) is 4.39 Å². The molecule has 2 heterocycles. The van der Waals surface area contributed by atoms with Gasteiger partial charge in [0.25, 0.3) is 0 Å². The molecule has 1 aromatic carbocycles. The van der Waals surface area contributed by atoms with Crippen molar-refractivity contribution in [2.45, 2.75) is 11.6 Å². The fourth-order valence-corrected chi connectivity index (χ4v) is 3.95. The Balaban J connectivity index is 1.68. The van der Waals surface area contributed by atoms with Crippen molar-refractivity contribution in [2.75, 3.05) is 12.3 Å². The van der Waals surface area contributed by atoms with Crippen molar-refractivity contribution in [3.05, 3.63) is 76.0 Å². The van der Waals surface area contributed by atoms with Crippen LogP contribution in [0.15, 0.2) is 64.6 Å². The van der Waals surface area contributed by atoms with E-state index in [1.165, 1.54) is 30.0 Å². The van der Waals surface area contributed by atoms with Gasteiger partial charge in [0.15, 0.2) is 5.16 Å². The molecule has 0 aliphatic carbocycles. The number of hydrogen-bond donors (Lipinski definition) is 1. The molecule has 0 saturated carbocycles. The van der Waals surface area contributed by atoms with E-state index in [0.29, 0.717) is 34.7 Å². The second kappa shape index (κ2) is 10.4. The Morgan fingerprint density at radius 1 is 1.31 bits per heavy atom. The first-order valence-electron chi connectivity index (χ1n) is 8.68.